The predicted octanol–water partition coefficient (Wildman–Crippen LogP) is 7.05. The van der Waals surface area contributed by atoms with Crippen molar-refractivity contribution in [1.29, 1.82) is 0 Å². The summed E-state index contributed by atoms with van der Waals surface area (Å²) < 4.78 is 104. The number of carbonyl (C=O) groups is 3. The van der Waals surface area contributed by atoms with Crippen LogP contribution in [-0.4, -0.2) is 198 Å². The van der Waals surface area contributed by atoms with E-state index in [-0.39, 0.29) is 140 Å². The molecule has 3 aromatic heterocycles. The van der Waals surface area contributed by atoms with Gasteiger partial charge in [0, 0.05) is 38.9 Å². The molecule has 36 heteroatoms. The Balaban J connectivity index is 0.000000161. The lowest BCUT2D eigenvalue weighted by atomic mass is 10.0. The molecule has 1 unspecified atom stereocenters. The molecule has 0 bridgehead atoms. The van der Waals surface area contributed by atoms with Crippen molar-refractivity contribution in [2.24, 2.45) is 15.5 Å². The standard InChI is InChI=1S/C28H28ClFN4O7S.2C21H22ClFN4O5/c1-16-3-6-20(7-4-16)42(36,37)40-14-19-13-39-27(15-38-19)26-11-24(34-41-26)23-10-25(33-17(2)32-23)28(35)31-12-18-5-8-22(30)21(29)9-18;2*1-11-25-16(17-6-19(32-27-17)20-10-30-13(8-28)9-31-20)5-18(26-11)21(29)24-7-12-2-3-15(23)14(22)4-12/h3-10,19,26-27H,11-15H2,1-2H3,(H,31,35);2*2-5,13,19-20,28H,6-10H2,1H3,(H,24,29)/t19-,26?,27+;13-,19+,20-;13-,19-,20-/m011/s1. The van der Waals surface area contributed by atoms with Crippen LogP contribution in [0.1, 0.15) is 108 Å². The van der Waals surface area contributed by atoms with Gasteiger partial charge in [-0.15, -0.1) is 0 Å². The van der Waals surface area contributed by atoms with Gasteiger partial charge in [-0.3, -0.25) is 18.6 Å². The number of benzene rings is 4. The fourth-order valence-electron chi connectivity index (χ4n) is 11.1. The van der Waals surface area contributed by atoms with Crippen LogP contribution in [0.25, 0.3) is 0 Å². The van der Waals surface area contributed by atoms with Gasteiger partial charge >= 0.3 is 0 Å². The number of aliphatic hydroxyl groups is 2. The van der Waals surface area contributed by atoms with Crippen LogP contribution in [-0.2, 0) is 76.9 Å². The highest BCUT2D eigenvalue weighted by Gasteiger charge is 2.39. The number of rotatable bonds is 21. The van der Waals surface area contributed by atoms with Crippen LogP contribution in [0.4, 0.5) is 13.2 Å². The maximum Gasteiger partial charge on any atom is 0.297 e. The Labute approximate surface area is 620 Å². The molecule has 6 aliphatic heterocycles. The molecule has 3 fully saturated rings. The number of hydrogen-bond acceptors (Lipinski definition) is 26. The van der Waals surface area contributed by atoms with E-state index in [1.54, 1.807) is 57.2 Å². The molecule has 562 valence electrons. The number of halogens is 6. The molecule has 9 atom stereocenters. The highest BCUT2D eigenvalue weighted by atomic mass is 35.5. The van der Waals surface area contributed by atoms with E-state index in [1.807, 2.05) is 6.92 Å². The van der Waals surface area contributed by atoms with Gasteiger partial charge in [0.05, 0.1) is 96.5 Å². The van der Waals surface area contributed by atoms with Crippen molar-refractivity contribution in [2.75, 3.05) is 59.5 Å². The summed E-state index contributed by atoms with van der Waals surface area (Å²) in [6.07, 6.45) is -2.25. The minimum Gasteiger partial charge on any atom is -0.394 e. The number of oxime groups is 3. The van der Waals surface area contributed by atoms with Gasteiger partial charge in [0.2, 0.25) is 0 Å². The molecule has 9 heterocycles. The number of hydrogen-bond donors (Lipinski definition) is 5. The Morgan fingerprint density at radius 1 is 0.453 bits per heavy atom. The molecule has 5 N–H and O–H groups in total. The minimum absolute atomic E-state index is 0.00931. The normalized spacial score (nSPS) is 22.0. The third kappa shape index (κ3) is 21.1. The van der Waals surface area contributed by atoms with E-state index in [9.17, 15) is 36.0 Å². The molecule has 0 aliphatic carbocycles. The van der Waals surface area contributed by atoms with E-state index in [2.05, 4.69) is 61.3 Å². The summed E-state index contributed by atoms with van der Waals surface area (Å²) in [5.74, 6) is -1.65. The molecule has 0 saturated carbocycles. The highest BCUT2D eigenvalue weighted by molar-refractivity contribution is 7.86. The molecule has 3 saturated heterocycles. The Morgan fingerprint density at radius 3 is 1.08 bits per heavy atom. The number of nitrogens with one attached hydrogen (secondary N) is 3. The van der Waals surface area contributed by atoms with Gasteiger partial charge in [-0.25, -0.2) is 43.1 Å². The van der Waals surface area contributed by atoms with E-state index < -0.39 is 63.6 Å². The molecule has 4 aromatic carbocycles. The fraction of sp³-hybridized carbons (Fsp3) is 0.400. The number of aromatic nitrogens is 6. The zero-order valence-corrected chi connectivity index (χ0v) is 60.3. The van der Waals surface area contributed by atoms with Crippen LogP contribution in [0.2, 0.25) is 15.1 Å². The topological polar surface area (TPSA) is 369 Å². The first-order valence-electron chi connectivity index (χ1n) is 33.2. The third-order valence-electron chi connectivity index (χ3n) is 16.8. The Kier molecular flexibility index (Phi) is 26.7. The number of ether oxygens (including phenoxy) is 6. The maximum absolute atomic E-state index is 13.4. The first kappa shape index (κ1) is 78.3. The van der Waals surface area contributed by atoms with Crippen LogP contribution < -0.4 is 16.0 Å². The van der Waals surface area contributed by atoms with E-state index >= 15 is 0 Å². The van der Waals surface area contributed by atoms with Crippen molar-refractivity contribution >= 4 is 79.8 Å². The number of amides is 3. The molecule has 106 heavy (non-hydrogen) atoms. The number of aryl methyl sites for hydroxylation is 4. The van der Waals surface area contributed by atoms with E-state index in [0.29, 0.717) is 101 Å². The number of carbonyl (C=O) groups excluding carboxylic acids is 3. The zero-order chi connectivity index (χ0) is 75.2. The van der Waals surface area contributed by atoms with Crippen LogP contribution >= 0.6 is 34.8 Å². The maximum atomic E-state index is 13.4. The van der Waals surface area contributed by atoms with Crippen molar-refractivity contribution in [1.82, 2.24) is 45.9 Å². The van der Waals surface area contributed by atoms with Crippen molar-refractivity contribution in [2.45, 2.75) is 126 Å². The lowest BCUT2D eigenvalue weighted by Gasteiger charge is -2.31. The second-order valence-corrected chi connectivity index (χ2v) is 27.7. The van der Waals surface area contributed by atoms with E-state index in [1.165, 1.54) is 60.7 Å². The summed E-state index contributed by atoms with van der Waals surface area (Å²) in [7, 11) is -3.92. The molecule has 0 spiro atoms. The van der Waals surface area contributed by atoms with Crippen LogP contribution in [0.15, 0.2) is 117 Å². The summed E-state index contributed by atoms with van der Waals surface area (Å²) in [5.41, 5.74) is 6.45. The largest absolute Gasteiger partial charge is 0.394 e. The summed E-state index contributed by atoms with van der Waals surface area (Å²) in [4.78, 5) is 80.5. The van der Waals surface area contributed by atoms with Crippen LogP contribution in [0.3, 0.4) is 0 Å². The first-order valence-corrected chi connectivity index (χ1v) is 35.8. The minimum atomic E-state index is -3.92. The van der Waals surface area contributed by atoms with Crippen molar-refractivity contribution in [3.8, 4) is 0 Å². The second kappa shape index (κ2) is 36.2. The first-order chi connectivity index (χ1) is 50.9. The van der Waals surface area contributed by atoms with Gasteiger partial charge in [-0.05, 0) is 111 Å². The fourth-order valence-corrected chi connectivity index (χ4v) is 12.6. The molecule has 0 radical (unpaired) electrons. The highest BCUT2D eigenvalue weighted by Crippen LogP contribution is 2.29. The Morgan fingerprint density at radius 2 is 0.783 bits per heavy atom. The third-order valence-corrected chi connectivity index (χ3v) is 19.0. The van der Waals surface area contributed by atoms with Crippen LogP contribution in [0.5, 0.6) is 0 Å². The molecule has 3 amide bonds. The van der Waals surface area contributed by atoms with Gasteiger partial charge in [0.15, 0.2) is 18.3 Å². The predicted molar refractivity (Wildman–Crippen MR) is 373 cm³/mol. The smallest absolute Gasteiger partial charge is 0.297 e. The Bertz CT molecular complexity index is 4370. The molecular formula is C70H72Cl3F3N12O17S. The monoisotopic (exact) mass is 1550 g/mol. The molecule has 29 nitrogen and oxygen atoms in total. The lowest BCUT2D eigenvalue weighted by Crippen LogP contribution is -2.44. The zero-order valence-electron chi connectivity index (χ0n) is 57.3. The summed E-state index contributed by atoms with van der Waals surface area (Å²) in [5, 5.41) is 38.8. The lowest BCUT2D eigenvalue weighted by molar-refractivity contribution is -0.178. The quantitative estimate of drug-likeness (QED) is 0.0450. The summed E-state index contributed by atoms with van der Waals surface area (Å²) >= 11 is 17.4. The van der Waals surface area contributed by atoms with E-state index in [0.717, 1.165) is 5.56 Å². The van der Waals surface area contributed by atoms with Gasteiger partial charge in [-0.2, -0.15) is 8.42 Å². The molecule has 6 aliphatic rings. The van der Waals surface area contributed by atoms with Gasteiger partial charge in [0.1, 0.15) is 106 Å². The summed E-state index contributed by atoms with van der Waals surface area (Å²) in [6, 6.07) is 23.7. The molecule has 7 aromatic rings. The summed E-state index contributed by atoms with van der Waals surface area (Å²) in [6.45, 7) is 8.38. The molecular weight excluding hydrogens is 1480 g/mol. The average molecular weight is 1550 g/mol. The second-order valence-electron chi connectivity index (χ2n) is 24.9. The van der Waals surface area contributed by atoms with Gasteiger partial charge in [-0.1, -0.05) is 86.2 Å². The Hall–Kier alpha value is -8.81. The number of aliphatic hydroxyl groups excluding tert-OH is 2. The van der Waals surface area contributed by atoms with Gasteiger partial charge in [0.25, 0.3) is 27.8 Å². The average Bonchev–Trinajstić information content (AvgIpc) is 1.61. The molecule has 13 rings (SSSR count). The SMILES string of the molecule is Cc1ccc(S(=O)(=O)OC[C@@H]2CO[C@@H](C3CC(c4cc(C(=O)NCc5ccc(F)c(Cl)c5)nc(C)n4)=NO3)CO2)cc1.Cc1nc(C(=O)NCc2ccc(F)c(Cl)c2)cc(C2=NO[C@@H]([C@H]3CO[C@H](CO)CO3)C2)n1.Cc1nc(C(=O)NCc2ccc(F)c(Cl)c2)cc(C2=NO[C@H]([C@H]3CO[C@H](CO)CO3)C2)n1. The van der Waals surface area contributed by atoms with Crippen molar-refractivity contribution in [3.05, 3.63) is 203 Å². The number of nitrogens with zero attached hydrogens (tertiary/aromatic N) is 9. The van der Waals surface area contributed by atoms with Crippen LogP contribution in [0, 0.1) is 45.1 Å². The van der Waals surface area contributed by atoms with Crippen molar-refractivity contribution in [3.63, 3.8) is 0 Å². The van der Waals surface area contributed by atoms with Crippen molar-refractivity contribution < 1.29 is 93.3 Å². The van der Waals surface area contributed by atoms with Gasteiger partial charge < -0.3 is 69.1 Å². The van der Waals surface area contributed by atoms with E-state index in [4.69, 9.17) is 92.1 Å².